The van der Waals surface area contributed by atoms with Crippen molar-refractivity contribution in [1.82, 2.24) is 5.32 Å². The molecule has 0 radical (unpaired) electrons. The van der Waals surface area contributed by atoms with Crippen molar-refractivity contribution in [3.05, 3.63) is 35.4 Å². The zero-order chi connectivity index (χ0) is 14.8. The summed E-state index contributed by atoms with van der Waals surface area (Å²) in [6.45, 7) is 0.752. The molecule has 20 heavy (non-hydrogen) atoms. The highest BCUT2D eigenvalue weighted by Gasteiger charge is 2.32. The van der Waals surface area contributed by atoms with Gasteiger partial charge in [-0.05, 0) is 43.0 Å². The van der Waals surface area contributed by atoms with Crippen molar-refractivity contribution in [2.45, 2.75) is 31.5 Å². The first-order chi connectivity index (χ1) is 9.38. The molecule has 2 atom stereocenters. The summed E-state index contributed by atoms with van der Waals surface area (Å²) in [6.07, 6.45) is -2.67. The molecule has 0 amide bonds. The van der Waals surface area contributed by atoms with Gasteiger partial charge in [-0.1, -0.05) is 12.1 Å². The molecule has 110 valence electrons. The van der Waals surface area contributed by atoms with E-state index in [-0.39, 0.29) is 18.4 Å². The Morgan fingerprint density at radius 2 is 1.95 bits per heavy atom. The van der Waals surface area contributed by atoms with E-state index in [0.29, 0.717) is 5.56 Å². The number of benzene rings is 1. The van der Waals surface area contributed by atoms with Crippen LogP contribution in [-0.2, 0) is 11.0 Å². The molecule has 0 spiro atoms. The minimum Gasteiger partial charge on any atom is -0.481 e. The molecule has 1 aliphatic heterocycles. The molecule has 2 N–H and O–H groups in total. The number of hydrogen-bond acceptors (Lipinski definition) is 2. The summed E-state index contributed by atoms with van der Waals surface area (Å²) in [7, 11) is 0. The number of alkyl halides is 3. The van der Waals surface area contributed by atoms with Gasteiger partial charge in [-0.15, -0.1) is 0 Å². The monoisotopic (exact) mass is 287 g/mol. The summed E-state index contributed by atoms with van der Waals surface area (Å²) in [4.78, 5) is 10.9. The third-order valence-corrected chi connectivity index (χ3v) is 3.62. The Bertz CT molecular complexity index is 470. The highest BCUT2D eigenvalue weighted by Crippen LogP contribution is 2.34. The van der Waals surface area contributed by atoms with Gasteiger partial charge in [0.15, 0.2) is 0 Å². The van der Waals surface area contributed by atoms with Crippen molar-refractivity contribution in [2.24, 2.45) is 5.92 Å². The first kappa shape index (κ1) is 14.8. The lowest BCUT2D eigenvalue weighted by Gasteiger charge is -2.32. The molecule has 0 saturated carbocycles. The van der Waals surface area contributed by atoms with Crippen LogP contribution in [0.5, 0.6) is 0 Å². The van der Waals surface area contributed by atoms with E-state index in [1.54, 1.807) is 0 Å². The van der Waals surface area contributed by atoms with Gasteiger partial charge in [0.25, 0.3) is 0 Å². The SMILES string of the molecule is O=C(O)C[C@@H]1CCCN[C@H]1c1ccc(C(F)(F)F)cc1. The number of carboxylic acids is 1. The molecular weight excluding hydrogens is 271 g/mol. The number of nitrogens with one attached hydrogen (secondary N) is 1. The van der Waals surface area contributed by atoms with Gasteiger partial charge < -0.3 is 10.4 Å². The molecule has 0 aromatic heterocycles. The lowest BCUT2D eigenvalue weighted by Crippen LogP contribution is -2.35. The summed E-state index contributed by atoms with van der Waals surface area (Å²) in [6, 6.07) is 4.76. The predicted octanol–water partition coefficient (Wildman–Crippen LogP) is 3.22. The van der Waals surface area contributed by atoms with Crippen molar-refractivity contribution in [3.8, 4) is 0 Å². The molecule has 0 bridgehead atoms. The Hall–Kier alpha value is -1.56. The fourth-order valence-electron chi connectivity index (χ4n) is 2.67. The Balaban J connectivity index is 2.17. The van der Waals surface area contributed by atoms with E-state index in [1.807, 2.05) is 0 Å². The molecule has 0 aliphatic carbocycles. The van der Waals surface area contributed by atoms with Crippen LogP contribution in [0.2, 0.25) is 0 Å². The average Bonchev–Trinajstić information content (AvgIpc) is 2.38. The third-order valence-electron chi connectivity index (χ3n) is 3.62. The van der Waals surface area contributed by atoms with E-state index >= 15 is 0 Å². The Morgan fingerprint density at radius 1 is 1.30 bits per heavy atom. The van der Waals surface area contributed by atoms with Gasteiger partial charge in [-0.2, -0.15) is 13.2 Å². The smallest absolute Gasteiger partial charge is 0.416 e. The van der Waals surface area contributed by atoms with Crippen LogP contribution in [0, 0.1) is 5.92 Å². The summed E-state index contributed by atoms with van der Waals surface area (Å²) < 4.78 is 37.6. The van der Waals surface area contributed by atoms with Gasteiger partial charge in [-0.3, -0.25) is 4.79 Å². The van der Waals surface area contributed by atoms with E-state index < -0.39 is 17.7 Å². The maximum absolute atomic E-state index is 12.5. The standard InChI is InChI=1S/C14H16F3NO2/c15-14(16,17)11-5-3-9(4-6-11)13-10(8-12(19)20)2-1-7-18-13/h3-6,10,13,18H,1-2,7-8H2,(H,19,20)/t10-,13-/m0/s1. The van der Waals surface area contributed by atoms with Crippen LogP contribution in [0.4, 0.5) is 13.2 Å². The molecule has 1 saturated heterocycles. The zero-order valence-electron chi connectivity index (χ0n) is 10.8. The lowest BCUT2D eigenvalue weighted by atomic mass is 9.84. The Labute approximate surface area is 114 Å². The number of carboxylic acid groups (broad SMARTS) is 1. The molecule has 1 heterocycles. The van der Waals surface area contributed by atoms with Crippen LogP contribution >= 0.6 is 0 Å². The number of halogens is 3. The van der Waals surface area contributed by atoms with Gasteiger partial charge in [0.1, 0.15) is 0 Å². The van der Waals surface area contributed by atoms with Gasteiger partial charge >= 0.3 is 12.1 Å². The van der Waals surface area contributed by atoms with Crippen molar-refractivity contribution in [1.29, 1.82) is 0 Å². The zero-order valence-corrected chi connectivity index (χ0v) is 10.8. The fraction of sp³-hybridized carbons (Fsp3) is 0.500. The van der Waals surface area contributed by atoms with Gasteiger partial charge in [0.2, 0.25) is 0 Å². The number of rotatable bonds is 3. The van der Waals surface area contributed by atoms with E-state index in [1.165, 1.54) is 12.1 Å². The van der Waals surface area contributed by atoms with Gasteiger partial charge in [0.05, 0.1) is 5.56 Å². The van der Waals surface area contributed by atoms with Crippen LogP contribution < -0.4 is 5.32 Å². The molecule has 1 aromatic carbocycles. The minimum absolute atomic E-state index is 0.0265. The topological polar surface area (TPSA) is 49.3 Å². The summed E-state index contributed by atoms with van der Waals surface area (Å²) in [5.41, 5.74) is 0.0239. The van der Waals surface area contributed by atoms with E-state index in [2.05, 4.69) is 5.32 Å². The van der Waals surface area contributed by atoms with Gasteiger partial charge in [-0.25, -0.2) is 0 Å². The third kappa shape index (κ3) is 3.50. The number of hydrogen-bond donors (Lipinski definition) is 2. The molecule has 0 unspecified atom stereocenters. The first-order valence-electron chi connectivity index (χ1n) is 6.50. The first-order valence-corrected chi connectivity index (χ1v) is 6.50. The lowest BCUT2D eigenvalue weighted by molar-refractivity contribution is -0.139. The summed E-state index contributed by atoms with van der Waals surface area (Å²) >= 11 is 0. The Morgan fingerprint density at radius 3 is 2.50 bits per heavy atom. The van der Waals surface area contributed by atoms with Crippen molar-refractivity contribution in [2.75, 3.05) is 6.54 Å². The fourth-order valence-corrected chi connectivity index (χ4v) is 2.67. The predicted molar refractivity (Wildman–Crippen MR) is 67.2 cm³/mol. The van der Waals surface area contributed by atoms with Crippen LogP contribution in [0.15, 0.2) is 24.3 Å². The summed E-state index contributed by atoms with van der Waals surface area (Å²) in [5, 5.41) is 12.1. The number of piperidine rings is 1. The highest BCUT2D eigenvalue weighted by atomic mass is 19.4. The highest BCUT2D eigenvalue weighted by molar-refractivity contribution is 5.67. The van der Waals surface area contributed by atoms with Crippen molar-refractivity contribution in [3.63, 3.8) is 0 Å². The molecule has 3 nitrogen and oxygen atoms in total. The second kappa shape index (κ2) is 5.83. The second-order valence-electron chi connectivity index (χ2n) is 5.05. The minimum atomic E-state index is -4.35. The van der Waals surface area contributed by atoms with E-state index in [9.17, 15) is 18.0 Å². The van der Waals surface area contributed by atoms with E-state index in [4.69, 9.17) is 5.11 Å². The van der Waals surface area contributed by atoms with Crippen LogP contribution in [-0.4, -0.2) is 17.6 Å². The number of carbonyl (C=O) groups is 1. The molecule has 1 aromatic rings. The molecular formula is C14H16F3NO2. The van der Waals surface area contributed by atoms with Crippen molar-refractivity contribution >= 4 is 5.97 Å². The number of aliphatic carboxylic acids is 1. The maximum atomic E-state index is 12.5. The maximum Gasteiger partial charge on any atom is 0.416 e. The van der Waals surface area contributed by atoms with Crippen molar-refractivity contribution < 1.29 is 23.1 Å². The summed E-state index contributed by atoms with van der Waals surface area (Å²) in [5.74, 6) is -0.964. The quantitative estimate of drug-likeness (QED) is 0.897. The molecule has 1 fully saturated rings. The molecule has 2 rings (SSSR count). The van der Waals surface area contributed by atoms with E-state index in [0.717, 1.165) is 31.5 Å². The molecule has 1 aliphatic rings. The largest absolute Gasteiger partial charge is 0.481 e. The van der Waals surface area contributed by atoms with Gasteiger partial charge in [0, 0.05) is 12.5 Å². The van der Waals surface area contributed by atoms with Crippen LogP contribution in [0.25, 0.3) is 0 Å². The normalized spacial score (nSPS) is 23.6. The Kier molecular flexibility index (Phi) is 4.32. The average molecular weight is 287 g/mol. The second-order valence-corrected chi connectivity index (χ2v) is 5.05. The van der Waals surface area contributed by atoms with Crippen LogP contribution in [0.3, 0.4) is 0 Å². The van der Waals surface area contributed by atoms with Crippen LogP contribution in [0.1, 0.15) is 36.4 Å². The molecule has 6 heteroatoms.